The number of nitrogens with zero attached hydrogens (tertiary/aromatic N) is 1. The Balaban J connectivity index is 2.96. The van der Waals surface area contributed by atoms with E-state index in [1.165, 1.54) is 11.3 Å². The number of halogens is 2. The monoisotopic (exact) mass is 325 g/mol. The lowest BCUT2D eigenvalue weighted by molar-refractivity contribution is -0.465. The first-order chi connectivity index (χ1) is 6.11. The zero-order valence-corrected chi connectivity index (χ0v) is 10.4. The molecule has 1 rings (SSSR count). The summed E-state index contributed by atoms with van der Waals surface area (Å²) in [5, 5.41) is 14.1. The zero-order chi connectivity index (χ0) is 9.84. The lowest BCUT2D eigenvalue weighted by Gasteiger charge is -1.99. The van der Waals surface area contributed by atoms with Crippen LogP contribution in [0.5, 0.6) is 0 Å². The molecule has 0 fully saturated rings. The molecular weight excluding hydrogens is 322 g/mol. The summed E-state index contributed by atoms with van der Waals surface area (Å²) in [5.74, 6) is 0. The van der Waals surface area contributed by atoms with E-state index in [-0.39, 0.29) is 11.5 Å². The fourth-order valence-corrected chi connectivity index (χ4v) is 2.21. The van der Waals surface area contributed by atoms with Crippen molar-refractivity contribution < 1.29 is 4.92 Å². The molecular formula is C7H5Br2NO2S. The van der Waals surface area contributed by atoms with Crippen LogP contribution < -0.4 is 0 Å². The molecule has 0 bridgehead atoms. The summed E-state index contributed by atoms with van der Waals surface area (Å²) in [4.78, 5) is 9.99. The van der Waals surface area contributed by atoms with Gasteiger partial charge >= 0.3 is 0 Å². The molecule has 0 radical (unpaired) electrons. The molecule has 1 aromatic rings. The van der Waals surface area contributed by atoms with Gasteiger partial charge in [-0.05, 0) is 54.2 Å². The summed E-state index contributed by atoms with van der Waals surface area (Å²) in [6, 6.07) is 1.85. The Morgan fingerprint density at radius 1 is 1.62 bits per heavy atom. The van der Waals surface area contributed by atoms with Gasteiger partial charge in [-0.1, -0.05) is 0 Å². The number of hydrogen-bond donors (Lipinski definition) is 0. The molecule has 0 unspecified atom stereocenters. The maximum absolute atomic E-state index is 10.3. The molecule has 0 aromatic carbocycles. The van der Waals surface area contributed by atoms with Crippen molar-refractivity contribution in [3.63, 3.8) is 0 Å². The van der Waals surface area contributed by atoms with Crippen molar-refractivity contribution in [1.82, 2.24) is 0 Å². The average molecular weight is 327 g/mol. The molecule has 6 heteroatoms. The highest BCUT2D eigenvalue weighted by molar-refractivity contribution is 9.28. The van der Waals surface area contributed by atoms with Crippen LogP contribution >= 0.6 is 43.2 Å². The highest BCUT2D eigenvalue weighted by Gasteiger charge is 2.12. The van der Waals surface area contributed by atoms with Crippen molar-refractivity contribution in [1.29, 1.82) is 0 Å². The second-order valence-electron chi connectivity index (χ2n) is 2.24. The van der Waals surface area contributed by atoms with E-state index in [2.05, 4.69) is 31.9 Å². The van der Waals surface area contributed by atoms with Crippen molar-refractivity contribution in [2.45, 2.75) is 0 Å². The van der Waals surface area contributed by atoms with Crippen molar-refractivity contribution in [2.24, 2.45) is 0 Å². The highest BCUT2D eigenvalue weighted by atomic mass is 79.9. The van der Waals surface area contributed by atoms with Gasteiger partial charge in [0.25, 0.3) is 0 Å². The Morgan fingerprint density at radius 2 is 2.31 bits per heavy atom. The van der Waals surface area contributed by atoms with Gasteiger partial charge < -0.3 is 0 Å². The van der Waals surface area contributed by atoms with Crippen LogP contribution in [0.25, 0.3) is 5.57 Å². The van der Waals surface area contributed by atoms with E-state index in [1.54, 1.807) is 0 Å². The maximum atomic E-state index is 10.3. The third-order valence-corrected chi connectivity index (χ3v) is 3.03. The second kappa shape index (κ2) is 4.88. The predicted octanol–water partition coefficient (Wildman–Crippen LogP) is 3.48. The maximum Gasteiger partial charge on any atom is 0.231 e. The van der Waals surface area contributed by atoms with E-state index in [0.29, 0.717) is 8.96 Å². The summed E-state index contributed by atoms with van der Waals surface area (Å²) in [6.45, 7) is -0.178. The minimum absolute atomic E-state index is 0.178. The topological polar surface area (TPSA) is 43.1 Å². The quantitative estimate of drug-likeness (QED) is 0.630. The third kappa shape index (κ3) is 3.21. The van der Waals surface area contributed by atoms with Gasteiger partial charge in [0.2, 0.25) is 6.54 Å². The summed E-state index contributed by atoms with van der Waals surface area (Å²) >= 11 is 7.89. The molecule has 3 nitrogen and oxygen atoms in total. The Hall–Kier alpha value is -0.200. The standard InChI is InChI=1S/C7H5Br2NO2S/c8-7(9)6(3-10(11)12)5-1-2-13-4-5/h1-2,4H,3H2. The van der Waals surface area contributed by atoms with Crippen molar-refractivity contribution in [3.8, 4) is 0 Å². The van der Waals surface area contributed by atoms with Crippen LogP contribution in [0.3, 0.4) is 0 Å². The number of rotatable bonds is 3. The van der Waals surface area contributed by atoms with Gasteiger partial charge in [0.05, 0.1) is 8.96 Å². The SMILES string of the molecule is O=[N+]([O-])CC(=C(Br)Br)c1ccsc1. The summed E-state index contributed by atoms with van der Waals surface area (Å²) in [6.07, 6.45) is 0. The van der Waals surface area contributed by atoms with Gasteiger partial charge in [0.15, 0.2) is 0 Å². The Labute approximate surface area is 95.9 Å². The third-order valence-electron chi connectivity index (χ3n) is 1.38. The number of hydrogen-bond acceptors (Lipinski definition) is 3. The van der Waals surface area contributed by atoms with Crippen LogP contribution in [0.2, 0.25) is 0 Å². The largest absolute Gasteiger partial charge is 0.264 e. The molecule has 0 saturated heterocycles. The minimum Gasteiger partial charge on any atom is -0.264 e. The molecule has 0 aliphatic carbocycles. The zero-order valence-electron chi connectivity index (χ0n) is 6.37. The van der Waals surface area contributed by atoms with E-state index in [4.69, 9.17) is 0 Å². The van der Waals surface area contributed by atoms with E-state index < -0.39 is 0 Å². The molecule has 0 aliphatic rings. The minimum atomic E-state index is -0.352. The first kappa shape index (κ1) is 10.9. The Bertz CT molecular complexity index is 330. The van der Waals surface area contributed by atoms with E-state index in [1.807, 2.05) is 16.8 Å². The van der Waals surface area contributed by atoms with Crippen LogP contribution in [-0.2, 0) is 0 Å². The van der Waals surface area contributed by atoms with Crippen LogP contribution in [-0.4, -0.2) is 11.5 Å². The van der Waals surface area contributed by atoms with Crippen LogP contribution in [0, 0.1) is 10.1 Å². The summed E-state index contributed by atoms with van der Waals surface area (Å²) in [5.41, 5.74) is 1.54. The molecule has 1 heterocycles. The fraction of sp³-hybridized carbons (Fsp3) is 0.143. The second-order valence-corrected chi connectivity index (χ2v) is 5.67. The Morgan fingerprint density at radius 3 is 2.69 bits per heavy atom. The van der Waals surface area contributed by atoms with Gasteiger partial charge in [0.1, 0.15) is 0 Å². The lowest BCUT2D eigenvalue weighted by Crippen LogP contribution is -2.03. The van der Waals surface area contributed by atoms with E-state index in [9.17, 15) is 10.1 Å². The molecule has 0 atom stereocenters. The van der Waals surface area contributed by atoms with Gasteiger partial charge in [0, 0.05) is 4.92 Å². The number of thiophene rings is 1. The van der Waals surface area contributed by atoms with Crippen LogP contribution in [0.1, 0.15) is 5.56 Å². The smallest absolute Gasteiger partial charge is 0.231 e. The summed E-state index contributed by atoms with van der Waals surface area (Å²) in [7, 11) is 0. The Kier molecular flexibility index (Phi) is 4.08. The van der Waals surface area contributed by atoms with Gasteiger partial charge in [-0.2, -0.15) is 11.3 Å². The molecule has 0 amide bonds. The molecule has 70 valence electrons. The van der Waals surface area contributed by atoms with Crippen LogP contribution in [0.15, 0.2) is 20.2 Å². The van der Waals surface area contributed by atoms with Crippen molar-refractivity contribution >= 4 is 48.8 Å². The molecule has 13 heavy (non-hydrogen) atoms. The average Bonchev–Trinajstić information content (AvgIpc) is 2.50. The predicted molar refractivity (Wildman–Crippen MR) is 61.0 cm³/mol. The first-order valence-corrected chi connectivity index (χ1v) is 5.82. The van der Waals surface area contributed by atoms with E-state index >= 15 is 0 Å². The molecule has 0 N–H and O–H groups in total. The molecule has 0 saturated carbocycles. The first-order valence-electron chi connectivity index (χ1n) is 3.29. The normalized spacial score (nSPS) is 9.69. The number of nitro groups is 1. The molecule has 1 aromatic heterocycles. The van der Waals surface area contributed by atoms with Gasteiger partial charge in [-0.15, -0.1) is 0 Å². The van der Waals surface area contributed by atoms with Gasteiger partial charge in [-0.3, -0.25) is 10.1 Å². The highest BCUT2D eigenvalue weighted by Crippen LogP contribution is 2.28. The van der Waals surface area contributed by atoms with Gasteiger partial charge in [-0.25, -0.2) is 0 Å². The molecule has 0 spiro atoms. The fourth-order valence-electron chi connectivity index (χ4n) is 0.825. The molecule has 0 aliphatic heterocycles. The lowest BCUT2D eigenvalue weighted by atomic mass is 10.2. The van der Waals surface area contributed by atoms with Crippen molar-refractivity contribution in [3.05, 3.63) is 35.9 Å². The summed E-state index contributed by atoms with van der Waals surface area (Å²) < 4.78 is 0.634. The van der Waals surface area contributed by atoms with Crippen LogP contribution in [0.4, 0.5) is 0 Å². The van der Waals surface area contributed by atoms with Crippen molar-refractivity contribution in [2.75, 3.05) is 6.54 Å². The van der Waals surface area contributed by atoms with E-state index in [0.717, 1.165) is 5.56 Å².